The second-order valence-electron chi connectivity index (χ2n) is 11.1. The van der Waals surface area contributed by atoms with E-state index < -0.39 is 38.2 Å². The van der Waals surface area contributed by atoms with Crippen molar-refractivity contribution in [2.75, 3.05) is 42.9 Å². The number of carbonyl (C=O) groups is 2. The molecule has 1 aliphatic rings. The van der Waals surface area contributed by atoms with Crippen molar-refractivity contribution in [1.82, 2.24) is 29.6 Å². The number of halogens is 3. The van der Waals surface area contributed by atoms with Crippen molar-refractivity contribution in [2.45, 2.75) is 64.1 Å². The summed E-state index contributed by atoms with van der Waals surface area (Å²) in [6, 6.07) is 2.64. The van der Waals surface area contributed by atoms with E-state index in [0.717, 1.165) is 48.6 Å². The predicted molar refractivity (Wildman–Crippen MR) is 190 cm³/mol. The van der Waals surface area contributed by atoms with Gasteiger partial charge < -0.3 is 30.3 Å². The molecule has 1 aliphatic heterocycles. The first-order chi connectivity index (χ1) is 23.3. The lowest BCUT2D eigenvalue weighted by atomic mass is 10.1. The fourth-order valence-electron chi connectivity index (χ4n) is 3.72. The lowest BCUT2D eigenvalue weighted by molar-refractivity contribution is -0.137. The van der Waals surface area contributed by atoms with Crippen LogP contribution >= 0.6 is 53.9 Å². The lowest BCUT2D eigenvalue weighted by Gasteiger charge is -2.20. The van der Waals surface area contributed by atoms with Crippen LogP contribution in [0.15, 0.2) is 26.8 Å². The zero-order chi connectivity index (χ0) is 37.6. The highest BCUT2D eigenvalue weighted by Crippen LogP contribution is 2.33. The van der Waals surface area contributed by atoms with Crippen molar-refractivity contribution in [1.29, 1.82) is 0 Å². The number of thioether (sulfide) groups is 1. The summed E-state index contributed by atoms with van der Waals surface area (Å²) in [5, 5.41) is 16.6. The number of anilines is 2. The van der Waals surface area contributed by atoms with Crippen molar-refractivity contribution in [3.8, 4) is 0 Å². The van der Waals surface area contributed by atoms with E-state index in [1.54, 1.807) is 9.36 Å². The quantitative estimate of drug-likeness (QED) is 0.0920. The number of methoxy groups -OCH3 is 1. The Morgan fingerprint density at radius 1 is 1.14 bits per heavy atom. The number of fused-ring (bicyclic) bond motifs is 1. The zero-order valence-electron chi connectivity index (χ0n) is 27.8. The first-order valence-corrected chi connectivity index (χ1v) is 19.1. The summed E-state index contributed by atoms with van der Waals surface area (Å²) in [5.41, 5.74) is -0.0201. The molecule has 6 N–H and O–H groups in total. The Balaban J connectivity index is 0.000000295. The number of aromatic nitrogens is 5. The predicted octanol–water partition coefficient (Wildman–Crippen LogP) is 3.76. The Bertz CT molecular complexity index is 1800. The van der Waals surface area contributed by atoms with Crippen molar-refractivity contribution >= 4 is 83.4 Å². The Kier molecular flexibility index (Phi) is 17.3. The number of carbonyl (C=O) groups excluding carboxylic acids is 1. The van der Waals surface area contributed by atoms with Crippen LogP contribution in [0.2, 0.25) is 10.3 Å². The maximum Gasteiger partial charge on any atom is 0.339 e. The van der Waals surface area contributed by atoms with Gasteiger partial charge in [0, 0.05) is 30.1 Å². The van der Waals surface area contributed by atoms with E-state index in [1.807, 2.05) is 27.7 Å². The molecular weight excluding hydrogens is 763 g/mol. The monoisotopic (exact) mass is 801 g/mol. The number of ether oxygens (including phenoxy) is 1. The van der Waals surface area contributed by atoms with E-state index in [0.29, 0.717) is 34.7 Å². The molecule has 3 heterocycles. The Labute approximate surface area is 304 Å². The highest BCUT2D eigenvalue weighted by Gasteiger charge is 2.16. The molecule has 3 aromatic rings. The van der Waals surface area contributed by atoms with Crippen molar-refractivity contribution < 1.29 is 38.2 Å². The molecule has 0 fully saturated rings. The van der Waals surface area contributed by atoms with Gasteiger partial charge in [0.1, 0.15) is 11.5 Å². The third kappa shape index (κ3) is 15.8. The standard InChI is InChI=1S/C15H15ClFN3O3S2.C9H16ClN5.C3H8NO5P/c1-23-13(21)8-24-12-7-11(10(17)6-9(12)16)18-14-19-4-2-3-5-20(19)15(22)25-14;1-5-11-7-12-6(10)13-8(14-7)15-9(2,3)4;5-3(6)1-4-2-10(7,8)9/h6-7H,2-5,8H2,1H3;5H2,1-4H3,(H2,11,12,13,14,15);4H,1-2H2,(H,5,6)(H2,7,8,9). The Morgan fingerprint density at radius 3 is 2.36 bits per heavy atom. The van der Waals surface area contributed by atoms with Crippen LogP contribution in [0.3, 0.4) is 0 Å². The molecule has 0 radical (unpaired) electrons. The second-order valence-corrected chi connectivity index (χ2v) is 15.4. The van der Waals surface area contributed by atoms with Crippen LogP contribution in [-0.4, -0.2) is 88.9 Å². The first-order valence-electron chi connectivity index (χ1n) is 14.8. The highest BCUT2D eigenvalue weighted by molar-refractivity contribution is 8.00. The van der Waals surface area contributed by atoms with E-state index in [-0.39, 0.29) is 32.2 Å². The van der Waals surface area contributed by atoms with Gasteiger partial charge in [-0.15, -0.1) is 11.8 Å². The van der Waals surface area contributed by atoms with Gasteiger partial charge in [0.15, 0.2) is 0 Å². The number of rotatable bonds is 11. The zero-order valence-corrected chi connectivity index (χ0v) is 31.8. The maximum absolute atomic E-state index is 14.3. The van der Waals surface area contributed by atoms with Crippen LogP contribution in [0.5, 0.6) is 0 Å². The van der Waals surface area contributed by atoms with Crippen molar-refractivity contribution in [3.63, 3.8) is 0 Å². The van der Waals surface area contributed by atoms with Crippen LogP contribution in [0, 0.1) is 5.82 Å². The number of esters is 1. The molecule has 17 nitrogen and oxygen atoms in total. The summed E-state index contributed by atoms with van der Waals surface area (Å²) in [5.74, 6) is -1.09. The summed E-state index contributed by atoms with van der Waals surface area (Å²) < 4.78 is 32.3. The van der Waals surface area contributed by atoms with Crippen LogP contribution in [-0.2, 0) is 32.0 Å². The largest absolute Gasteiger partial charge is 0.480 e. The average molecular weight is 803 g/mol. The number of hydrogen-bond donors (Lipinski definition) is 6. The number of aliphatic carboxylic acids is 1. The summed E-state index contributed by atoms with van der Waals surface area (Å²) in [7, 11) is -2.80. The molecule has 0 unspecified atom stereocenters. The SMILES string of the molecule is CCNc1nc(Cl)nc(NC(C)(C)C)n1.COC(=O)CSc1cc(N=c2sc(=O)n3n2CCCC3)c(F)cc1Cl.O=C(O)CNCP(=O)(O)O. The first kappa shape index (κ1) is 43.1. The van der Waals surface area contributed by atoms with Gasteiger partial charge in [0.2, 0.25) is 22.0 Å². The number of carboxylic acids is 1. The molecule has 50 heavy (non-hydrogen) atoms. The summed E-state index contributed by atoms with van der Waals surface area (Å²) in [6.07, 6.45) is 1.30. The molecule has 0 aliphatic carbocycles. The molecule has 4 rings (SSSR count). The number of hydrogen-bond acceptors (Lipinski definition) is 14. The number of benzene rings is 1. The average Bonchev–Trinajstić information content (AvgIpc) is 3.31. The molecule has 278 valence electrons. The molecule has 0 atom stereocenters. The number of nitrogens with one attached hydrogen (secondary N) is 3. The van der Waals surface area contributed by atoms with Gasteiger partial charge in [-0.25, -0.2) is 14.1 Å². The van der Waals surface area contributed by atoms with E-state index in [4.69, 9.17) is 38.1 Å². The molecule has 0 saturated carbocycles. The van der Waals surface area contributed by atoms with Gasteiger partial charge in [-0.1, -0.05) is 11.6 Å². The molecule has 0 amide bonds. The number of carboxylic acid groups (broad SMARTS) is 1. The topological polar surface area (TPSA) is 235 Å². The van der Waals surface area contributed by atoms with E-state index in [9.17, 15) is 23.3 Å². The highest BCUT2D eigenvalue weighted by atomic mass is 35.5. The van der Waals surface area contributed by atoms with Crippen LogP contribution in [0.4, 0.5) is 22.0 Å². The van der Waals surface area contributed by atoms with Gasteiger partial charge in [-0.2, -0.15) is 15.0 Å². The van der Waals surface area contributed by atoms with Crippen molar-refractivity contribution in [3.05, 3.63) is 42.7 Å². The van der Waals surface area contributed by atoms with Gasteiger partial charge in [-0.3, -0.25) is 28.9 Å². The molecule has 0 spiro atoms. The maximum atomic E-state index is 14.3. The van der Waals surface area contributed by atoms with Crippen LogP contribution in [0.1, 0.15) is 40.5 Å². The second kappa shape index (κ2) is 20.1. The third-order valence-electron chi connectivity index (χ3n) is 5.71. The van der Waals surface area contributed by atoms with Gasteiger partial charge in [0.25, 0.3) is 0 Å². The summed E-state index contributed by atoms with van der Waals surface area (Å²) >= 11 is 13.9. The van der Waals surface area contributed by atoms with Gasteiger partial charge >= 0.3 is 24.4 Å². The molecule has 0 bridgehead atoms. The molecule has 0 saturated heterocycles. The van der Waals surface area contributed by atoms with Crippen LogP contribution < -0.4 is 25.6 Å². The third-order valence-corrected chi connectivity index (χ3v) is 8.83. The van der Waals surface area contributed by atoms with Crippen LogP contribution in [0.25, 0.3) is 0 Å². The van der Waals surface area contributed by atoms with E-state index >= 15 is 0 Å². The van der Waals surface area contributed by atoms with Crippen molar-refractivity contribution in [2.24, 2.45) is 4.99 Å². The molecular formula is C27H39Cl2FN9O8PS2. The minimum Gasteiger partial charge on any atom is -0.480 e. The minimum absolute atomic E-state index is 0.0605. The van der Waals surface area contributed by atoms with E-state index in [1.165, 1.54) is 13.2 Å². The molecule has 23 heteroatoms. The minimum atomic E-state index is -4.10. The van der Waals surface area contributed by atoms with Gasteiger partial charge in [0.05, 0.1) is 30.7 Å². The summed E-state index contributed by atoms with van der Waals surface area (Å²) in [6.45, 7) is 9.67. The molecule has 1 aromatic carbocycles. The Hall–Kier alpha value is -3.10. The lowest BCUT2D eigenvalue weighted by Crippen LogP contribution is -2.31. The normalized spacial score (nSPS) is 12.9. The fourth-order valence-corrected chi connectivity index (χ4v) is 6.27. The van der Waals surface area contributed by atoms with E-state index in [2.05, 4.69) is 40.6 Å². The van der Waals surface area contributed by atoms with Gasteiger partial charge in [-0.05, 0) is 75.6 Å². The summed E-state index contributed by atoms with van der Waals surface area (Å²) in [4.78, 5) is 66.8. The number of nitrogens with zero attached hydrogens (tertiary/aromatic N) is 6. The smallest absolute Gasteiger partial charge is 0.339 e. The Morgan fingerprint density at radius 2 is 1.78 bits per heavy atom. The molecule has 2 aromatic heterocycles. The fraction of sp³-hybridized carbons (Fsp3) is 0.519.